The van der Waals surface area contributed by atoms with Gasteiger partial charge >= 0.3 is 12.1 Å². The maximum absolute atomic E-state index is 12.8. The largest absolute Gasteiger partial charge is 0.477 e. The van der Waals surface area contributed by atoms with Crippen LogP contribution in [0.25, 0.3) is 0 Å². The number of rotatable bonds is 1. The fraction of sp³-hybridized carbons (Fsp3) is 0.400. The van der Waals surface area contributed by atoms with Crippen LogP contribution in [0, 0.1) is 0 Å². The smallest absolute Gasteiger partial charge is 0.417 e. The Labute approximate surface area is 93.1 Å². The Morgan fingerprint density at radius 2 is 1.94 bits per heavy atom. The summed E-state index contributed by atoms with van der Waals surface area (Å²) in [4.78, 5) is 24.3. The van der Waals surface area contributed by atoms with Gasteiger partial charge in [-0.2, -0.15) is 13.2 Å². The normalized spacial score (nSPS) is 14.8. The van der Waals surface area contributed by atoms with E-state index in [9.17, 15) is 22.8 Å². The predicted molar refractivity (Wildman–Crippen MR) is 51.0 cm³/mol. The van der Waals surface area contributed by atoms with Crippen molar-refractivity contribution >= 4 is 5.97 Å². The molecular formula is C10H8F3NO3. The summed E-state index contributed by atoms with van der Waals surface area (Å²) in [5.41, 5.74) is -3.58. The molecular weight excluding hydrogens is 239 g/mol. The number of nitrogens with one attached hydrogen (secondary N) is 1. The second-order valence-electron chi connectivity index (χ2n) is 3.82. The van der Waals surface area contributed by atoms with Crippen LogP contribution < -0.4 is 5.56 Å². The van der Waals surface area contributed by atoms with Crippen LogP contribution >= 0.6 is 0 Å². The molecule has 1 aromatic heterocycles. The highest BCUT2D eigenvalue weighted by molar-refractivity contribution is 5.89. The molecule has 92 valence electrons. The van der Waals surface area contributed by atoms with Crippen molar-refractivity contribution in [2.24, 2.45) is 0 Å². The number of hydrogen-bond donors (Lipinski definition) is 2. The number of aromatic amines is 1. The zero-order valence-corrected chi connectivity index (χ0v) is 8.52. The molecule has 0 saturated heterocycles. The first-order valence-corrected chi connectivity index (χ1v) is 4.91. The Kier molecular flexibility index (Phi) is 2.48. The van der Waals surface area contributed by atoms with E-state index in [1.807, 2.05) is 0 Å². The molecule has 1 heterocycles. The van der Waals surface area contributed by atoms with Gasteiger partial charge in [0.2, 0.25) is 0 Å². The molecule has 1 aliphatic rings. The van der Waals surface area contributed by atoms with Crippen LogP contribution in [-0.2, 0) is 19.0 Å². The number of halogens is 3. The van der Waals surface area contributed by atoms with Crippen LogP contribution in [0.5, 0.6) is 0 Å². The van der Waals surface area contributed by atoms with Crippen molar-refractivity contribution < 1.29 is 23.1 Å². The van der Waals surface area contributed by atoms with Gasteiger partial charge in [-0.3, -0.25) is 4.79 Å². The number of fused-ring (bicyclic) bond motifs is 1. The first-order chi connectivity index (χ1) is 7.82. The first-order valence-electron chi connectivity index (χ1n) is 4.91. The zero-order valence-electron chi connectivity index (χ0n) is 8.52. The Hall–Kier alpha value is -1.79. The lowest BCUT2D eigenvalue weighted by molar-refractivity contribution is -0.138. The molecule has 2 N–H and O–H groups in total. The number of alkyl halides is 3. The van der Waals surface area contributed by atoms with E-state index in [4.69, 9.17) is 5.11 Å². The minimum absolute atomic E-state index is 0.0884. The van der Waals surface area contributed by atoms with Crippen molar-refractivity contribution in [3.63, 3.8) is 0 Å². The van der Waals surface area contributed by atoms with Gasteiger partial charge in [-0.05, 0) is 24.8 Å². The molecule has 2 rings (SSSR count). The van der Waals surface area contributed by atoms with E-state index in [1.165, 1.54) is 0 Å². The minimum atomic E-state index is -4.82. The highest BCUT2D eigenvalue weighted by Crippen LogP contribution is 2.37. The lowest BCUT2D eigenvalue weighted by Crippen LogP contribution is -2.27. The summed E-state index contributed by atoms with van der Waals surface area (Å²) in [6.45, 7) is 0. The Morgan fingerprint density at radius 1 is 1.29 bits per heavy atom. The summed E-state index contributed by atoms with van der Waals surface area (Å²) in [5.74, 6) is -1.85. The highest BCUT2D eigenvalue weighted by atomic mass is 19.4. The van der Waals surface area contributed by atoms with Gasteiger partial charge in [0.15, 0.2) is 0 Å². The Bertz CT molecular complexity index is 545. The Balaban J connectivity index is 2.85. The van der Waals surface area contributed by atoms with E-state index in [-0.39, 0.29) is 17.7 Å². The van der Waals surface area contributed by atoms with Gasteiger partial charge in [0.05, 0.1) is 5.56 Å². The average molecular weight is 247 g/mol. The number of hydrogen-bond acceptors (Lipinski definition) is 2. The molecule has 7 heteroatoms. The Morgan fingerprint density at radius 3 is 2.47 bits per heavy atom. The van der Waals surface area contributed by atoms with Crippen molar-refractivity contribution in [2.45, 2.75) is 25.4 Å². The van der Waals surface area contributed by atoms with Crippen molar-refractivity contribution in [3.05, 3.63) is 32.7 Å². The predicted octanol–water partition coefficient (Wildman–Crippen LogP) is 1.58. The summed E-state index contributed by atoms with van der Waals surface area (Å²) in [6, 6.07) is 0. The minimum Gasteiger partial charge on any atom is -0.477 e. The van der Waals surface area contributed by atoms with Crippen molar-refractivity contribution in [1.82, 2.24) is 4.98 Å². The van der Waals surface area contributed by atoms with Crippen LogP contribution in [0.4, 0.5) is 13.2 Å². The quantitative estimate of drug-likeness (QED) is 0.791. The summed E-state index contributed by atoms with van der Waals surface area (Å²) < 4.78 is 38.5. The van der Waals surface area contributed by atoms with Crippen molar-refractivity contribution in [3.8, 4) is 0 Å². The van der Waals surface area contributed by atoms with Gasteiger partial charge < -0.3 is 10.1 Å². The molecule has 0 unspecified atom stereocenters. The maximum Gasteiger partial charge on any atom is 0.417 e. The van der Waals surface area contributed by atoms with Gasteiger partial charge in [0, 0.05) is 5.69 Å². The second-order valence-corrected chi connectivity index (χ2v) is 3.82. The molecule has 1 aromatic rings. The molecule has 0 aromatic carbocycles. The second kappa shape index (κ2) is 3.61. The lowest BCUT2D eigenvalue weighted by Gasteiger charge is -2.14. The van der Waals surface area contributed by atoms with Gasteiger partial charge in [-0.1, -0.05) is 0 Å². The van der Waals surface area contributed by atoms with E-state index in [0.717, 1.165) is 0 Å². The SMILES string of the molecule is O=C(O)c1c(C(F)(F)F)c2c([nH]c1=O)CCC2. The van der Waals surface area contributed by atoms with Crippen LogP contribution in [0.15, 0.2) is 4.79 Å². The molecule has 1 aliphatic carbocycles. The molecule has 0 spiro atoms. The summed E-state index contributed by atoms with van der Waals surface area (Å²) in [5, 5.41) is 8.72. The van der Waals surface area contributed by atoms with Crippen LogP contribution in [0.1, 0.15) is 33.6 Å². The molecule has 0 fully saturated rings. The topological polar surface area (TPSA) is 70.2 Å². The molecule has 0 bridgehead atoms. The molecule has 0 saturated carbocycles. The summed E-state index contributed by atoms with van der Waals surface area (Å²) >= 11 is 0. The van der Waals surface area contributed by atoms with E-state index >= 15 is 0 Å². The van der Waals surface area contributed by atoms with E-state index < -0.39 is 28.8 Å². The molecule has 0 aliphatic heterocycles. The highest BCUT2D eigenvalue weighted by Gasteiger charge is 2.41. The van der Waals surface area contributed by atoms with Crippen molar-refractivity contribution in [1.29, 1.82) is 0 Å². The molecule has 4 nitrogen and oxygen atoms in total. The number of carbonyl (C=O) groups is 1. The summed E-state index contributed by atoms with van der Waals surface area (Å²) in [7, 11) is 0. The first kappa shape index (κ1) is 11.7. The van der Waals surface area contributed by atoms with Crippen LogP contribution in [-0.4, -0.2) is 16.1 Å². The van der Waals surface area contributed by atoms with E-state index in [1.54, 1.807) is 0 Å². The van der Waals surface area contributed by atoms with Gasteiger partial charge in [0.1, 0.15) is 5.56 Å². The third-order valence-corrected chi connectivity index (χ3v) is 2.76. The number of pyridine rings is 1. The van der Waals surface area contributed by atoms with E-state index in [2.05, 4.69) is 4.98 Å². The average Bonchev–Trinajstić information content (AvgIpc) is 2.60. The summed E-state index contributed by atoms with van der Waals surface area (Å²) in [6.07, 6.45) is -3.86. The van der Waals surface area contributed by atoms with Gasteiger partial charge in [-0.15, -0.1) is 0 Å². The molecule has 0 atom stereocenters. The lowest BCUT2D eigenvalue weighted by atomic mass is 10.0. The number of aromatic carboxylic acids is 1. The molecule has 17 heavy (non-hydrogen) atoms. The number of aryl methyl sites for hydroxylation is 1. The van der Waals surface area contributed by atoms with E-state index in [0.29, 0.717) is 12.8 Å². The number of carboxylic acid groups (broad SMARTS) is 1. The molecule has 0 amide bonds. The van der Waals surface area contributed by atoms with Gasteiger partial charge in [-0.25, -0.2) is 4.79 Å². The number of H-pyrrole nitrogens is 1. The monoisotopic (exact) mass is 247 g/mol. The zero-order chi connectivity index (χ0) is 12.8. The fourth-order valence-electron chi connectivity index (χ4n) is 2.14. The molecule has 0 radical (unpaired) electrons. The van der Waals surface area contributed by atoms with Crippen molar-refractivity contribution in [2.75, 3.05) is 0 Å². The number of aromatic nitrogens is 1. The maximum atomic E-state index is 12.8. The number of carboxylic acids is 1. The van der Waals surface area contributed by atoms with Crippen LogP contribution in [0.3, 0.4) is 0 Å². The third kappa shape index (κ3) is 1.81. The standard InChI is InChI=1S/C10H8F3NO3/c11-10(12,13)7-4-2-1-3-5(4)14-8(15)6(7)9(16)17/h1-3H2,(H,14,15)(H,16,17). The fourth-order valence-corrected chi connectivity index (χ4v) is 2.14. The van der Waals surface area contributed by atoms with Crippen LogP contribution in [0.2, 0.25) is 0 Å². The van der Waals surface area contributed by atoms with Gasteiger partial charge in [0.25, 0.3) is 5.56 Å². The third-order valence-electron chi connectivity index (χ3n) is 2.76.